The number of benzene rings is 2. The Morgan fingerprint density at radius 1 is 1.11 bits per heavy atom. The van der Waals surface area contributed by atoms with Gasteiger partial charge in [0, 0.05) is 5.02 Å². The molecule has 28 heavy (non-hydrogen) atoms. The SMILES string of the molecule is O=C(N/N=C/c1c(O)n(-c2ccc(Cl)cc2)c(=O)[nH]c1=O)c1ccccc1Cl. The van der Waals surface area contributed by atoms with E-state index in [0.717, 1.165) is 10.8 Å². The zero-order valence-electron chi connectivity index (χ0n) is 14.0. The summed E-state index contributed by atoms with van der Waals surface area (Å²) in [7, 11) is 0. The third-order valence-electron chi connectivity index (χ3n) is 3.68. The zero-order valence-corrected chi connectivity index (χ0v) is 15.5. The van der Waals surface area contributed by atoms with Gasteiger partial charge in [-0.1, -0.05) is 35.3 Å². The number of hydrazone groups is 1. The predicted molar refractivity (Wildman–Crippen MR) is 106 cm³/mol. The number of halogens is 2. The Balaban J connectivity index is 1.93. The summed E-state index contributed by atoms with van der Waals surface area (Å²) >= 11 is 11.7. The number of carbonyl (C=O) groups is 1. The third-order valence-corrected chi connectivity index (χ3v) is 4.27. The quantitative estimate of drug-likeness (QED) is 0.445. The smallest absolute Gasteiger partial charge is 0.335 e. The summed E-state index contributed by atoms with van der Waals surface area (Å²) in [6.45, 7) is 0. The summed E-state index contributed by atoms with van der Waals surface area (Å²) < 4.78 is 0.870. The van der Waals surface area contributed by atoms with E-state index >= 15 is 0 Å². The Morgan fingerprint density at radius 2 is 1.79 bits per heavy atom. The van der Waals surface area contributed by atoms with Gasteiger partial charge in [-0.15, -0.1) is 0 Å². The van der Waals surface area contributed by atoms with Crippen LogP contribution in [0.15, 0.2) is 63.2 Å². The summed E-state index contributed by atoms with van der Waals surface area (Å²) in [5.41, 5.74) is 0.621. The van der Waals surface area contributed by atoms with Crippen molar-refractivity contribution in [3.8, 4) is 11.6 Å². The molecule has 142 valence electrons. The average molecular weight is 419 g/mol. The average Bonchev–Trinajstić information content (AvgIpc) is 2.66. The van der Waals surface area contributed by atoms with Gasteiger partial charge in [-0.3, -0.25) is 14.6 Å². The number of aromatic hydroxyl groups is 1. The van der Waals surface area contributed by atoms with E-state index in [0.29, 0.717) is 5.02 Å². The second kappa shape index (κ2) is 8.12. The maximum Gasteiger partial charge on any atom is 0.335 e. The van der Waals surface area contributed by atoms with E-state index in [1.54, 1.807) is 18.2 Å². The molecule has 0 aliphatic heterocycles. The fourth-order valence-electron chi connectivity index (χ4n) is 2.35. The van der Waals surface area contributed by atoms with Gasteiger partial charge in [0.1, 0.15) is 5.56 Å². The van der Waals surface area contributed by atoms with Crippen molar-refractivity contribution < 1.29 is 9.90 Å². The van der Waals surface area contributed by atoms with Crippen molar-refractivity contribution in [3.63, 3.8) is 0 Å². The van der Waals surface area contributed by atoms with Crippen LogP contribution in [0.3, 0.4) is 0 Å². The Labute approximate surface area is 167 Å². The van der Waals surface area contributed by atoms with Crippen molar-refractivity contribution in [2.45, 2.75) is 0 Å². The molecule has 10 heteroatoms. The van der Waals surface area contributed by atoms with Crippen LogP contribution in [0.4, 0.5) is 0 Å². The van der Waals surface area contributed by atoms with Crippen LogP contribution < -0.4 is 16.7 Å². The first-order valence-electron chi connectivity index (χ1n) is 7.80. The van der Waals surface area contributed by atoms with Crippen LogP contribution in [-0.4, -0.2) is 26.8 Å². The number of aromatic amines is 1. The highest BCUT2D eigenvalue weighted by Crippen LogP contribution is 2.18. The summed E-state index contributed by atoms with van der Waals surface area (Å²) in [6, 6.07) is 12.3. The Bertz CT molecular complexity index is 1180. The molecule has 1 amide bonds. The molecule has 0 atom stereocenters. The lowest BCUT2D eigenvalue weighted by Crippen LogP contribution is -2.31. The van der Waals surface area contributed by atoms with Gasteiger partial charge in [0.15, 0.2) is 0 Å². The molecule has 3 N–H and O–H groups in total. The first kappa shape index (κ1) is 19.4. The summed E-state index contributed by atoms with van der Waals surface area (Å²) in [6.07, 6.45) is 0.925. The molecule has 8 nitrogen and oxygen atoms in total. The number of amides is 1. The monoisotopic (exact) mass is 418 g/mol. The Kier molecular flexibility index (Phi) is 5.62. The molecule has 0 spiro atoms. The zero-order chi connectivity index (χ0) is 20.3. The molecule has 0 aliphatic carbocycles. The molecule has 0 radical (unpaired) electrons. The van der Waals surface area contributed by atoms with E-state index < -0.39 is 23.0 Å². The first-order chi connectivity index (χ1) is 13.4. The lowest BCUT2D eigenvalue weighted by Gasteiger charge is -2.09. The number of hydrogen-bond donors (Lipinski definition) is 3. The Hall–Kier alpha value is -3.36. The Morgan fingerprint density at radius 3 is 2.46 bits per heavy atom. The fraction of sp³-hybridized carbons (Fsp3) is 0. The molecular formula is C18H12Cl2N4O4. The standard InChI is InChI=1S/C18H12Cl2N4O4/c19-10-5-7-11(8-6-10)24-17(27)13(15(25)22-18(24)28)9-21-23-16(26)12-3-1-2-4-14(12)20/h1-9,27H,(H,23,26)(H,22,25,28)/b21-9+. The molecule has 0 saturated heterocycles. The van der Waals surface area contributed by atoms with Crippen molar-refractivity contribution >= 4 is 35.3 Å². The van der Waals surface area contributed by atoms with Crippen LogP contribution >= 0.6 is 23.2 Å². The summed E-state index contributed by atoms with van der Waals surface area (Å²) in [5.74, 6) is -1.25. The van der Waals surface area contributed by atoms with Gasteiger partial charge >= 0.3 is 5.69 Å². The minimum atomic E-state index is -0.872. The van der Waals surface area contributed by atoms with Crippen molar-refractivity contribution in [3.05, 3.63) is 90.5 Å². The topological polar surface area (TPSA) is 117 Å². The molecule has 0 aliphatic rings. The highest BCUT2D eigenvalue weighted by Gasteiger charge is 2.14. The molecule has 2 aromatic carbocycles. The van der Waals surface area contributed by atoms with Gasteiger partial charge in [-0.25, -0.2) is 14.8 Å². The number of nitrogens with one attached hydrogen (secondary N) is 2. The normalized spacial score (nSPS) is 10.9. The van der Waals surface area contributed by atoms with Gasteiger partial charge < -0.3 is 5.11 Å². The van der Waals surface area contributed by atoms with Crippen LogP contribution in [0, 0.1) is 0 Å². The van der Waals surface area contributed by atoms with Crippen molar-refractivity contribution in [2.24, 2.45) is 5.10 Å². The van der Waals surface area contributed by atoms with Crippen LogP contribution in [0.25, 0.3) is 5.69 Å². The number of carbonyl (C=O) groups excluding carboxylic acids is 1. The van der Waals surface area contributed by atoms with E-state index in [-0.39, 0.29) is 21.8 Å². The van der Waals surface area contributed by atoms with Crippen LogP contribution in [0.5, 0.6) is 5.88 Å². The number of H-pyrrole nitrogens is 1. The van der Waals surface area contributed by atoms with Crippen LogP contribution in [-0.2, 0) is 0 Å². The molecule has 1 heterocycles. The van der Waals surface area contributed by atoms with Crippen LogP contribution in [0.1, 0.15) is 15.9 Å². The van der Waals surface area contributed by atoms with Gasteiger partial charge in [0.25, 0.3) is 11.5 Å². The summed E-state index contributed by atoms with van der Waals surface area (Å²) in [5, 5.41) is 14.7. The number of rotatable bonds is 4. The second-order valence-electron chi connectivity index (χ2n) is 5.49. The lowest BCUT2D eigenvalue weighted by molar-refractivity contribution is 0.0955. The highest BCUT2D eigenvalue weighted by atomic mass is 35.5. The molecule has 3 rings (SSSR count). The van der Waals surface area contributed by atoms with E-state index in [1.165, 1.54) is 30.3 Å². The largest absolute Gasteiger partial charge is 0.493 e. The number of nitrogens with zero attached hydrogens (tertiary/aromatic N) is 2. The van der Waals surface area contributed by atoms with E-state index in [1.807, 2.05) is 0 Å². The van der Waals surface area contributed by atoms with Gasteiger partial charge in [0.2, 0.25) is 5.88 Å². The lowest BCUT2D eigenvalue weighted by atomic mass is 10.2. The van der Waals surface area contributed by atoms with Crippen LogP contribution in [0.2, 0.25) is 10.0 Å². The molecule has 0 saturated carbocycles. The molecular weight excluding hydrogens is 407 g/mol. The van der Waals surface area contributed by atoms with Crippen molar-refractivity contribution in [2.75, 3.05) is 0 Å². The highest BCUT2D eigenvalue weighted by molar-refractivity contribution is 6.33. The third kappa shape index (κ3) is 3.98. The molecule has 0 fully saturated rings. The molecule has 0 unspecified atom stereocenters. The van der Waals surface area contributed by atoms with E-state index in [2.05, 4.69) is 15.5 Å². The minimum absolute atomic E-state index is 0.186. The van der Waals surface area contributed by atoms with E-state index in [9.17, 15) is 19.5 Å². The van der Waals surface area contributed by atoms with Crippen molar-refractivity contribution in [1.82, 2.24) is 15.0 Å². The van der Waals surface area contributed by atoms with Gasteiger partial charge in [-0.2, -0.15) is 5.10 Å². The van der Waals surface area contributed by atoms with E-state index in [4.69, 9.17) is 23.2 Å². The first-order valence-corrected chi connectivity index (χ1v) is 8.56. The fourth-order valence-corrected chi connectivity index (χ4v) is 2.69. The molecule has 0 bridgehead atoms. The summed E-state index contributed by atoms with van der Waals surface area (Å²) in [4.78, 5) is 38.3. The molecule has 1 aromatic heterocycles. The minimum Gasteiger partial charge on any atom is -0.493 e. The van der Waals surface area contributed by atoms with Crippen molar-refractivity contribution in [1.29, 1.82) is 0 Å². The number of hydrogen-bond acceptors (Lipinski definition) is 5. The maximum atomic E-state index is 12.1. The van der Waals surface area contributed by atoms with Gasteiger partial charge in [-0.05, 0) is 36.4 Å². The predicted octanol–water partition coefficient (Wildman–Crippen LogP) is 2.30. The molecule has 3 aromatic rings. The van der Waals surface area contributed by atoms with Gasteiger partial charge in [0.05, 0.1) is 22.5 Å². The number of aromatic nitrogens is 2. The second-order valence-corrected chi connectivity index (χ2v) is 6.33. The maximum absolute atomic E-state index is 12.1.